The average molecular weight is 294 g/mol. The molecular formula is C16H17Cl2N. The molecule has 1 N–H and O–H groups in total. The van der Waals surface area contributed by atoms with Crippen molar-refractivity contribution in [1.82, 2.24) is 0 Å². The summed E-state index contributed by atoms with van der Waals surface area (Å²) in [5.74, 6) is 0. The number of benzene rings is 2. The number of nitrogens with one attached hydrogen (secondary N) is 1. The molecule has 0 bridgehead atoms. The van der Waals surface area contributed by atoms with E-state index in [1.807, 2.05) is 12.1 Å². The predicted octanol–water partition coefficient (Wildman–Crippen LogP) is 5.56. The van der Waals surface area contributed by atoms with Crippen molar-refractivity contribution in [2.75, 3.05) is 5.32 Å². The van der Waals surface area contributed by atoms with Crippen molar-refractivity contribution in [2.45, 2.75) is 26.3 Å². The van der Waals surface area contributed by atoms with Gasteiger partial charge in [-0.25, -0.2) is 0 Å². The van der Waals surface area contributed by atoms with Gasteiger partial charge in [0, 0.05) is 12.2 Å². The summed E-state index contributed by atoms with van der Waals surface area (Å²) < 4.78 is 0. The molecule has 0 unspecified atom stereocenters. The highest BCUT2D eigenvalue weighted by atomic mass is 35.5. The minimum Gasteiger partial charge on any atom is -0.381 e. The van der Waals surface area contributed by atoms with Crippen LogP contribution in [0.3, 0.4) is 0 Å². The van der Waals surface area contributed by atoms with E-state index in [4.69, 9.17) is 23.2 Å². The number of halogens is 2. The van der Waals surface area contributed by atoms with E-state index in [9.17, 15) is 0 Å². The van der Waals surface area contributed by atoms with Crippen LogP contribution in [0.1, 0.15) is 24.5 Å². The number of hydrogen-bond acceptors (Lipinski definition) is 1. The molecule has 3 heteroatoms. The lowest BCUT2D eigenvalue weighted by molar-refractivity contribution is 0.922. The number of hydrogen-bond donors (Lipinski definition) is 1. The van der Waals surface area contributed by atoms with E-state index in [-0.39, 0.29) is 0 Å². The quantitative estimate of drug-likeness (QED) is 0.761. The van der Waals surface area contributed by atoms with Crippen LogP contribution in [-0.2, 0) is 13.0 Å². The fraction of sp³-hybridized carbons (Fsp3) is 0.250. The first-order valence-corrected chi connectivity index (χ1v) is 7.22. The van der Waals surface area contributed by atoms with E-state index < -0.39 is 0 Å². The van der Waals surface area contributed by atoms with Crippen LogP contribution in [0, 0.1) is 0 Å². The second-order valence-electron chi connectivity index (χ2n) is 4.51. The monoisotopic (exact) mass is 293 g/mol. The Morgan fingerprint density at radius 2 is 1.74 bits per heavy atom. The molecule has 0 aliphatic rings. The molecule has 0 spiro atoms. The maximum atomic E-state index is 6.15. The molecule has 0 saturated heterocycles. The zero-order valence-corrected chi connectivity index (χ0v) is 12.4. The van der Waals surface area contributed by atoms with Crippen molar-refractivity contribution in [3.05, 3.63) is 63.6 Å². The maximum absolute atomic E-state index is 6.15. The SMILES string of the molecule is CCCc1ccc(NCc2cccc(Cl)c2Cl)cc1. The minimum absolute atomic E-state index is 0.597. The van der Waals surface area contributed by atoms with Gasteiger partial charge in [0.15, 0.2) is 0 Å². The van der Waals surface area contributed by atoms with Crippen LogP contribution in [0.25, 0.3) is 0 Å². The summed E-state index contributed by atoms with van der Waals surface area (Å²) in [4.78, 5) is 0. The fourth-order valence-electron chi connectivity index (χ4n) is 1.96. The van der Waals surface area contributed by atoms with Crippen LogP contribution in [0.15, 0.2) is 42.5 Å². The summed E-state index contributed by atoms with van der Waals surface area (Å²) in [6.07, 6.45) is 2.30. The molecule has 2 rings (SSSR count). The van der Waals surface area contributed by atoms with Gasteiger partial charge in [0.1, 0.15) is 0 Å². The molecule has 100 valence electrons. The van der Waals surface area contributed by atoms with Gasteiger partial charge in [-0.05, 0) is 35.7 Å². The van der Waals surface area contributed by atoms with Gasteiger partial charge in [0.2, 0.25) is 0 Å². The summed E-state index contributed by atoms with van der Waals surface area (Å²) in [6.45, 7) is 2.86. The highest BCUT2D eigenvalue weighted by Crippen LogP contribution is 2.26. The van der Waals surface area contributed by atoms with Crippen LogP contribution in [-0.4, -0.2) is 0 Å². The third-order valence-electron chi connectivity index (χ3n) is 3.01. The molecular weight excluding hydrogens is 277 g/mol. The molecule has 0 amide bonds. The fourth-order valence-corrected chi connectivity index (χ4v) is 2.35. The first-order valence-electron chi connectivity index (χ1n) is 6.46. The predicted molar refractivity (Wildman–Crippen MR) is 84.2 cm³/mol. The highest BCUT2D eigenvalue weighted by molar-refractivity contribution is 6.42. The van der Waals surface area contributed by atoms with Crippen molar-refractivity contribution in [3.63, 3.8) is 0 Å². The lowest BCUT2D eigenvalue weighted by atomic mass is 10.1. The van der Waals surface area contributed by atoms with Crippen molar-refractivity contribution in [2.24, 2.45) is 0 Å². The van der Waals surface area contributed by atoms with Crippen molar-refractivity contribution in [3.8, 4) is 0 Å². The third kappa shape index (κ3) is 3.89. The van der Waals surface area contributed by atoms with Crippen LogP contribution < -0.4 is 5.32 Å². The smallest absolute Gasteiger partial charge is 0.0642 e. The maximum Gasteiger partial charge on any atom is 0.0642 e. The molecule has 0 atom stereocenters. The van der Waals surface area contributed by atoms with E-state index >= 15 is 0 Å². The van der Waals surface area contributed by atoms with Crippen molar-refractivity contribution in [1.29, 1.82) is 0 Å². The van der Waals surface area contributed by atoms with Gasteiger partial charge in [-0.3, -0.25) is 0 Å². The Hall–Kier alpha value is -1.18. The standard InChI is InChI=1S/C16H17Cl2N/c1-2-4-12-7-9-14(10-8-12)19-11-13-5-3-6-15(17)16(13)18/h3,5-10,19H,2,4,11H2,1H3. The van der Waals surface area contributed by atoms with E-state index in [0.717, 1.165) is 17.7 Å². The van der Waals surface area contributed by atoms with E-state index in [0.29, 0.717) is 16.6 Å². The molecule has 2 aromatic rings. The highest BCUT2D eigenvalue weighted by Gasteiger charge is 2.03. The molecule has 0 saturated carbocycles. The van der Waals surface area contributed by atoms with E-state index in [2.05, 4.69) is 36.5 Å². The van der Waals surface area contributed by atoms with Gasteiger partial charge in [-0.2, -0.15) is 0 Å². The molecule has 0 aliphatic heterocycles. The van der Waals surface area contributed by atoms with Crippen LogP contribution in [0.2, 0.25) is 10.0 Å². The summed E-state index contributed by atoms with van der Waals surface area (Å²) in [5.41, 5.74) is 3.47. The Balaban J connectivity index is 2.00. The largest absolute Gasteiger partial charge is 0.381 e. The summed E-state index contributed by atoms with van der Waals surface area (Å²) in [7, 11) is 0. The normalized spacial score (nSPS) is 10.5. The Morgan fingerprint density at radius 3 is 2.42 bits per heavy atom. The summed E-state index contributed by atoms with van der Waals surface area (Å²) >= 11 is 12.1. The minimum atomic E-state index is 0.597. The number of rotatable bonds is 5. The van der Waals surface area contributed by atoms with Gasteiger partial charge in [-0.1, -0.05) is 60.8 Å². The zero-order valence-electron chi connectivity index (χ0n) is 10.9. The van der Waals surface area contributed by atoms with E-state index in [1.54, 1.807) is 6.07 Å². The summed E-state index contributed by atoms with van der Waals surface area (Å²) in [5, 5.41) is 4.58. The molecule has 0 aliphatic carbocycles. The summed E-state index contributed by atoms with van der Waals surface area (Å²) in [6, 6.07) is 14.2. The van der Waals surface area contributed by atoms with E-state index in [1.165, 1.54) is 12.0 Å². The molecule has 19 heavy (non-hydrogen) atoms. The van der Waals surface area contributed by atoms with Crippen molar-refractivity contribution < 1.29 is 0 Å². The number of anilines is 1. The molecule has 0 aromatic heterocycles. The zero-order chi connectivity index (χ0) is 13.7. The van der Waals surface area contributed by atoms with Gasteiger partial charge < -0.3 is 5.32 Å². The first kappa shape index (κ1) is 14.2. The van der Waals surface area contributed by atoms with Crippen molar-refractivity contribution >= 4 is 28.9 Å². The van der Waals surface area contributed by atoms with Crippen LogP contribution >= 0.6 is 23.2 Å². The molecule has 0 radical (unpaired) electrons. The topological polar surface area (TPSA) is 12.0 Å². The Bertz CT molecular complexity index is 535. The van der Waals surface area contributed by atoms with Gasteiger partial charge in [0.05, 0.1) is 10.0 Å². The molecule has 0 heterocycles. The molecule has 0 fully saturated rings. The molecule has 1 nitrogen and oxygen atoms in total. The number of aryl methyl sites for hydroxylation is 1. The van der Waals surface area contributed by atoms with Crippen LogP contribution in [0.4, 0.5) is 5.69 Å². The third-order valence-corrected chi connectivity index (χ3v) is 3.87. The van der Waals surface area contributed by atoms with Gasteiger partial charge in [0.25, 0.3) is 0 Å². The van der Waals surface area contributed by atoms with Crippen LogP contribution in [0.5, 0.6) is 0 Å². The Kier molecular flexibility index (Phi) is 5.12. The first-order chi connectivity index (χ1) is 9.20. The van der Waals surface area contributed by atoms with Gasteiger partial charge >= 0.3 is 0 Å². The average Bonchev–Trinajstić information content (AvgIpc) is 2.42. The second kappa shape index (κ2) is 6.83. The lowest BCUT2D eigenvalue weighted by Crippen LogP contribution is -2.00. The lowest BCUT2D eigenvalue weighted by Gasteiger charge is -2.09. The Morgan fingerprint density at radius 1 is 1.00 bits per heavy atom. The molecule has 2 aromatic carbocycles. The van der Waals surface area contributed by atoms with Gasteiger partial charge in [-0.15, -0.1) is 0 Å². The second-order valence-corrected chi connectivity index (χ2v) is 5.30. The Labute approximate surface area is 124 Å².